The Morgan fingerprint density at radius 2 is 1.64 bits per heavy atom. The summed E-state index contributed by atoms with van der Waals surface area (Å²) in [6, 6.07) is 0. The third-order valence-corrected chi connectivity index (χ3v) is 7.13. The number of morpholine rings is 1. The van der Waals surface area contributed by atoms with E-state index in [4.69, 9.17) is 10.5 Å². The number of hydrogen-bond acceptors (Lipinski definition) is 14. The highest BCUT2D eigenvalue weighted by Crippen LogP contribution is 2.47. The van der Waals surface area contributed by atoms with Crippen molar-refractivity contribution >= 4 is 18.1 Å². The van der Waals surface area contributed by atoms with Gasteiger partial charge in [0.15, 0.2) is 46.1 Å². The molecule has 1 unspecified atom stereocenters. The molecule has 1 aromatic rings. The quantitative estimate of drug-likeness (QED) is 0.0501. The van der Waals surface area contributed by atoms with Gasteiger partial charge >= 0.3 is 0 Å². The van der Waals surface area contributed by atoms with Gasteiger partial charge in [-0.3, -0.25) is 14.5 Å². The summed E-state index contributed by atoms with van der Waals surface area (Å²) < 4.78 is 5.26. The minimum absolute atomic E-state index is 0.00212. The number of aromatic hydroxyl groups is 4. The van der Waals surface area contributed by atoms with E-state index in [0.717, 1.165) is 4.90 Å². The number of rotatable bonds is 11. The van der Waals surface area contributed by atoms with E-state index in [1.807, 2.05) is 4.90 Å². The van der Waals surface area contributed by atoms with Crippen molar-refractivity contribution in [2.45, 2.75) is 31.6 Å². The smallest absolute Gasteiger partial charge is 0.260 e. The van der Waals surface area contributed by atoms with Crippen LogP contribution in [0.2, 0.25) is 0 Å². The van der Waals surface area contributed by atoms with Crippen molar-refractivity contribution in [3.05, 3.63) is 46.3 Å². The van der Waals surface area contributed by atoms with Gasteiger partial charge in [-0.05, 0) is 6.42 Å². The predicted octanol–water partition coefficient (Wildman–Crippen LogP) is -0.693. The second-order valence-electron chi connectivity index (χ2n) is 9.69. The molecule has 2 fully saturated rings. The third kappa shape index (κ3) is 6.00. The molecular formula is C26H35N5O11. The first-order valence-electron chi connectivity index (χ1n) is 12.8. The molecule has 0 bridgehead atoms. The average molecular weight is 594 g/mol. The third-order valence-electron chi connectivity index (χ3n) is 7.13. The zero-order valence-electron chi connectivity index (χ0n) is 22.9. The average Bonchev–Trinajstić information content (AvgIpc) is 3.33. The molecule has 16 nitrogen and oxygen atoms in total. The highest BCUT2D eigenvalue weighted by molar-refractivity contribution is 6.05. The van der Waals surface area contributed by atoms with Crippen LogP contribution >= 0.6 is 0 Å². The maximum atomic E-state index is 13.3. The monoisotopic (exact) mass is 593 g/mol. The largest absolute Gasteiger partial charge is 0.505 e. The van der Waals surface area contributed by atoms with Gasteiger partial charge in [0.25, 0.3) is 11.8 Å². The number of benzene rings is 1. The number of likely N-dealkylation sites (N-methyl/N-ethyl adjacent to an activating group) is 1. The summed E-state index contributed by atoms with van der Waals surface area (Å²) >= 11 is 0. The first-order valence-corrected chi connectivity index (χ1v) is 12.8. The molecule has 3 rings (SSSR count). The van der Waals surface area contributed by atoms with Gasteiger partial charge in [0, 0.05) is 38.7 Å². The molecule has 0 spiro atoms. The van der Waals surface area contributed by atoms with Gasteiger partial charge in [-0.25, -0.2) is 0 Å². The van der Waals surface area contributed by atoms with Gasteiger partial charge < -0.3 is 66.5 Å². The topological polar surface area (TPSA) is 259 Å². The summed E-state index contributed by atoms with van der Waals surface area (Å²) in [4.78, 5) is 39.6. The highest BCUT2D eigenvalue weighted by Gasteiger charge is 2.49. The number of phenolic OH excluding ortho intramolecular Hbond substituents is 4. The van der Waals surface area contributed by atoms with E-state index in [0.29, 0.717) is 32.6 Å². The van der Waals surface area contributed by atoms with Gasteiger partial charge in [-0.1, -0.05) is 6.58 Å². The molecule has 0 aliphatic carbocycles. The van der Waals surface area contributed by atoms with Gasteiger partial charge in [-0.2, -0.15) is 0 Å². The number of hydrogen-bond donors (Lipinski definition) is 10. The molecular weight excluding hydrogens is 558 g/mol. The SMILES string of the molecule is C=C(O)/C(O)=C1/C(=O)N(C(N)(CCC=O)C(=O)NC)C/C1=C(/O)NCc1c(O)c(O)c(CN2CCOCC2)c(O)c1O. The zero-order valence-corrected chi connectivity index (χ0v) is 22.9. The number of nitrogens with two attached hydrogens (primary N) is 1. The second kappa shape index (κ2) is 12.9. The number of carbonyl (C=O) groups is 3. The molecule has 2 saturated heterocycles. The van der Waals surface area contributed by atoms with Crippen LogP contribution in [-0.4, -0.2) is 109 Å². The summed E-state index contributed by atoms with van der Waals surface area (Å²) in [5.41, 5.74) is 2.55. The predicted molar refractivity (Wildman–Crippen MR) is 145 cm³/mol. The number of aliphatic hydroxyl groups is 3. The Kier molecular flexibility index (Phi) is 9.77. The normalized spacial score (nSPS) is 19.7. The van der Waals surface area contributed by atoms with Crippen LogP contribution in [0.3, 0.4) is 0 Å². The lowest BCUT2D eigenvalue weighted by Gasteiger charge is -2.36. The number of aldehydes is 1. The maximum Gasteiger partial charge on any atom is 0.260 e. The van der Waals surface area contributed by atoms with Gasteiger partial charge in [0.2, 0.25) is 0 Å². The number of likely N-dealkylation sites (tertiary alicyclic amines) is 1. The van der Waals surface area contributed by atoms with Crippen LogP contribution in [0.1, 0.15) is 24.0 Å². The molecule has 230 valence electrons. The first kappa shape index (κ1) is 31.9. The van der Waals surface area contributed by atoms with Crippen LogP contribution < -0.4 is 16.4 Å². The number of nitrogens with one attached hydrogen (secondary N) is 2. The summed E-state index contributed by atoms with van der Waals surface area (Å²) in [6.45, 7) is 3.78. The van der Waals surface area contributed by atoms with E-state index in [9.17, 15) is 50.1 Å². The van der Waals surface area contributed by atoms with E-state index < -0.39 is 82.1 Å². The van der Waals surface area contributed by atoms with E-state index in [2.05, 4.69) is 17.2 Å². The molecule has 11 N–H and O–H groups in total. The van der Waals surface area contributed by atoms with Crippen molar-refractivity contribution in [3.8, 4) is 23.0 Å². The van der Waals surface area contributed by atoms with Crippen LogP contribution in [0.4, 0.5) is 0 Å². The highest BCUT2D eigenvalue weighted by atomic mass is 16.5. The second-order valence-corrected chi connectivity index (χ2v) is 9.69. The van der Waals surface area contributed by atoms with Crippen molar-refractivity contribution in [3.63, 3.8) is 0 Å². The summed E-state index contributed by atoms with van der Waals surface area (Å²) in [5, 5.41) is 78.2. The number of amides is 2. The molecule has 2 aliphatic heterocycles. The maximum absolute atomic E-state index is 13.3. The first-order chi connectivity index (χ1) is 19.8. The molecule has 1 aromatic carbocycles. The number of nitrogens with zero attached hydrogens (tertiary/aromatic N) is 2. The Labute approximate surface area is 240 Å². The van der Waals surface area contributed by atoms with E-state index in [-0.39, 0.29) is 30.5 Å². The van der Waals surface area contributed by atoms with Crippen molar-refractivity contribution in [2.75, 3.05) is 39.9 Å². The van der Waals surface area contributed by atoms with Crippen LogP contribution in [-0.2, 0) is 32.2 Å². The Bertz CT molecular complexity index is 1310. The molecule has 42 heavy (non-hydrogen) atoms. The summed E-state index contributed by atoms with van der Waals surface area (Å²) in [7, 11) is 1.25. The summed E-state index contributed by atoms with van der Waals surface area (Å²) in [6.07, 6.45) is -0.0585. The number of aliphatic hydroxyl groups excluding tert-OH is 3. The van der Waals surface area contributed by atoms with Crippen LogP contribution in [0, 0.1) is 0 Å². The Morgan fingerprint density at radius 3 is 2.17 bits per heavy atom. The lowest BCUT2D eigenvalue weighted by atomic mass is 10.0. The number of carbonyl (C=O) groups excluding carboxylic acids is 3. The Balaban J connectivity index is 1.99. The van der Waals surface area contributed by atoms with Crippen LogP contribution in [0.25, 0.3) is 0 Å². The zero-order chi connectivity index (χ0) is 31.4. The molecule has 0 aromatic heterocycles. The Morgan fingerprint density at radius 1 is 1.07 bits per heavy atom. The van der Waals surface area contributed by atoms with Crippen molar-refractivity contribution in [1.29, 1.82) is 0 Å². The lowest BCUT2D eigenvalue weighted by molar-refractivity contribution is -0.143. The lowest BCUT2D eigenvalue weighted by Crippen LogP contribution is -2.65. The fourth-order valence-corrected chi connectivity index (χ4v) is 4.72. The molecule has 2 aliphatic rings. The van der Waals surface area contributed by atoms with Crippen molar-refractivity contribution in [1.82, 2.24) is 20.4 Å². The molecule has 0 saturated carbocycles. The van der Waals surface area contributed by atoms with E-state index >= 15 is 0 Å². The fraction of sp³-hybridized carbons (Fsp3) is 0.423. The number of ether oxygens (including phenoxy) is 1. The molecule has 16 heteroatoms. The molecule has 2 heterocycles. The summed E-state index contributed by atoms with van der Waals surface area (Å²) in [5.74, 6) is -7.73. The van der Waals surface area contributed by atoms with Crippen molar-refractivity contribution < 1.29 is 54.9 Å². The van der Waals surface area contributed by atoms with Gasteiger partial charge in [-0.15, -0.1) is 0 Å². The number of phenols is 4. The van der Waals surface area contributed by atoms with Crippen LogP contribution in [0.15, 0.2) is 35.1 Å². The van der Waals surface area contributed by atoms with E-state index in [1.54, 1.807) is 0 Å². The minimum Gasteiger partial charge on any atom is -0.505 e. The van der Waals surface area contributed by atoms with Gasteiger partial charge in [0.1, 0.15) is 6.29 Å². The van der Waals surface area contributed by atoms with Crippen molar-refractivity contribution in [2.24, 2.45) is 5.73 Å². The molecule has 0 radical (unpaired) electrons. The van der Waals surface area contributed by atoms with Crippen LogP contribution in [0.5, 0.6) is 23.0 Å². The Hall–Kier alpha value is -4.67. The molecule has 1 atom stereocenters. The molecule has 2 amide bonds. The fourth-order valence-electron chi connectivity index (χ4n) is 4.72. The standard InChI is InChI=1S/C26H35N5O11/c1-13(33)18(34)17-15(12-31(24(17)40)26(27,4-3-7-32)25(41)28-2)23(39)29-10-14-19(35)21(37)16(22(38)20(14)36)11-30-5-8-42-9-6-30/h7,29,33-39H,1,3-6,8-12,27H2,2H3,(H,28,41)/b18-17-,23-15-. The minimum atomic E-state index is -2.11. The van der Waals surface area contributed by atoms with E-state index in [1.165, 1.54) is 7.05 Å². The van der Waals surface area contributed by atoms with Gasteiger partial charge in [0.05, 0.1) is 43.0 Å².